The third-order valence-corrected chi connectivity index (χ3v) is 3.98. The number of hydrogen-bond donors (Lipinski definition) is 1. The first-order valence-electron chi connectivity index (χ1n) is 5.51. The molecule has 0 unspecified atom stereocenters. The lowest BCUT2D eigenvalue weighted by molar-refractivity contribution is 0.372. The highest BCUT2D eigenvalue weighted by Gasteiger charge is 2.25. The first-order chi connectivity index (χ1) is 9.82. The molecule has 2 rings (SSSR count). The Kier molecular flexibility index (Phi) is 4.63. The minimum atomic E-state index is -2.18. The Morgan fingerprint density at radius 3 is 2.00 bits per heavy atom. The van der Waals surface area contributed by atoms with Crippen molar-refractivity contribution in [2.45, 2.75) is 10.6 Å². The van der Waals surface area contributed by atoms with E-state index in [-0.39, 0.29) is 5.69 Å². The molecule has 2 aromatic rings. The molecule has 0 saturated carbocycles. The van der Waals surface area contributed by atoms with Gasteiger partial charge in [0.05, 0.1) is 0 Å². The molecule has 1 nitrogen and oxygen atoms in total. The average molecular weight is 340 g/mol. The molecule has 2 N–H and O–H groups in total. The third kappa shape index (κ3) is 3.08. The monoisotopic (exact) mass is 339 g/mol. The van der Waals surface area contributed by atoms with Crippen molar-refractivity contribution >= 4 is 29.1 Å². The minimum Gasteiger partial charge on any atom is -0.398 e. The molecule has 0 heterocycles. The number of halogens is 6. The maximum absolute atomic E-state index is 13.5. The van der Waals surface area contributed by atoms with Gasteiger partial charge in [-0.15, -0.1) is 11.8 Å². The number of hydrogen-bond acceptors (Lipinski definition) is 2. The molecule has 0 aliphatic heterocycles. The Labute approximate surface area is 125 Å². The van der Waals surface area contributed by atoms with E-state index < -0.39 is 40.4 Å². The van der Waals surface area contributed by atoms with E-state index in [9.17, 15) is 22.0 Å². The van der Waals surface area contributed by atoms with Crippen molar-refractivity contribution in [3.8, 4) is 0 Å². The molecule has 0 atom stereocenters. The first kappa shape index (κ1) is 15.9. The van der Waals surface area contributed by atoms with Gasteiger partial charge in [0.25, 0.3) is 0 Å². The third-order valence-electron chi connectivity index (χ3n) is 2.65. The number of thioether (sulfide) groups is 1. The van der Waals surface area contributed by atoms with Crippen molar-refractivity contribution in [1.82, 2.24) is 0 Å². The van der Waals surface area contributed by atoms with Crippen LogP contribution in [0.2, 0.25) is 5.02 Å². The molecule has 8 heteroatoms. The van der Waals surface area contributed by atoms with Gasteiger partial charge in [-0.05, 0) is 18.2 Å². The molecule has 0 amide bonds. The van der Waals surface area contributed by atoms with Crippen LogP contribution in [0.4, 0.5) is 27.6 Å². The van der Waals surface area contributed by atoms with E-state index in [2.05, 4.69) is 0 Å². The summed E-state index contributed by atoms with van der Waals surface area (Å²) in [5.74, 6) is -10.3. The maximum Gasteiger partial charge on any atom is 0.200 e. The zero-order valence-electron chi connectivity index (χ0n) is 10.2. The highest BCUT2D eigenvalue weighted by Crippen LogP contribution is 2.33. The van der Waals surface area contributed by atoms with E-state index in [0.717, 1.165) is 11.8 Å². The van der Waals surface area contributed by atoms with E-state index in [0.29, 0.717) is 9.92 Å². The fourth-order valence-corrected chi connectivity index (χ4v) is 2.80. The van der Waals surface area contributed by atoms with Gasteiger partial charge >= 0.3 is 0 Å². The lowest BCUT2D eigenvalue weighted by Gasteiger charge is -2.09. The molecule has 112 valence electrons. The summed E-state index contributed by atoms with van der Waals surface area (Å²) >= 11 is 6.57. The summed E-state index contributed by atoms with van der Waals surface area (Å²) in [7, 11) is 0. The molecular formula is C13H7ClF5NS. The molecule has 0 aromatic heterocycles. The fourth-order valence-electron chi connectivity index (χ4n) is 1.56. The van der Waals surface area contributed by atoms with Crippen LogP contribution < -0.4 is 5.73 Å². The quantitative estimate of drug-likeness (QED) is 0.283. The molecule has 0 saturated heterocycles. The number of rotatable bonds is 3. The molecular weight excluding hydrogens is 333 g/mol. The second-order valence-corrected chi connectivity index (χ2v) is 5.47. The first-order valence-corrected chi connectivity index (χ1v) is 6.87. The van der Waals surface area contributed by atoms with Crippen LogP contribution in [0.15, 0.2) is 23.1 Å². The predicted molar refractivity (Wildman–Crippen MR) is 71.7 cm³/mol. The second-order valence-electron chi connectivity index (χ2n) is 4.02. The normalized spacial score (nSPS) is 11.0. The Morgan fingerprint density at radius 2 is 1.43 bits per heavy atom. The zero-order chi connectivity index (χ0) is 15.7. The average Bonchev–Trinajstić information content (AvgIpc) is 2.46. The largest absolute Gasteiger partial charge is 0.398 e. The van der Waals surface area contributed by atoms with E-state index in [1.807, 2.05) is 0 Å². The van der Waals surface area contributed by atoms with Gasteiger partial charge in [0, 0.05) is 26.9 Å². The van der Waals surface area contributed by atoms with E-state index in [1.54, 1.807) is 0 Å². The van der Waals surface area contributed by atoms with Crippen molar-refractivity contribution in [3.05, 3.63) is 57.9 Å². The summed E-state index contributed by atoms with van der Waals surface area (Å²) in [6.45, 7) is 0. The van der Waals surface area contributed by atoms with Crippen molar-refractivity contribution in [3.63, 3.8) is 0 Å². The van der Waals surface area contributed by atoms with Crippen LogP contribution >= 0.6 is 23.4 Å². The SMILES string of the molecule is Nc1ccc(Cl)cc1SCc1c(F)c(F)c(F)c(F)c1F. The van der Waals surface area contributed by atoms with Crippen LogP contribution in [0.1, 0.15) is 5.56 Å². The number of anilines is 1. The Bertz CT molecular complexity index is 678. The van der Waals surface area contributed by atoms with Crippen molar-refractivity contribution in [2.75, 3.05) is 5.73 Å². The molecule has 0 fully saturated rings. The molecule has 0 aliphatic carbocycles. The Balaban J connectivity index is 2.35. The zero-order valence-corrected chi connectivity index (χ0v) is 11.8. The predicted octanol–water partition coefficient (Wildman–Crippen LogP) is 4.91. The molecule has 21 heavy (non-hydrogen) atoms. The summed E-state index contributed by atoms with van der Waals surface area (Å²) in [6.07, 6.45) is 0. The standard InChI is InChI=1S/C13H7ClF5NS/c14-5-1-2-7(20)8(3-5)21-4-6-9(15)11(17)13(19)12(18)10(6)16/h1-3H,4,20H2. The van der Waals surface area contributed by atoms with Gasteiger partial charge in [0.15, 0.2) is 23.3 Å². The highest BCUT2D eigenvalue weighted by molar-refractivity contribution is 7.98. The number of nitrogen functional groups attached to an aromatic ring is 1. The van der Waals surface area contributed by atoms with Gasteiger partial charge in [0.1, 0.15) is 0 Å². The molecule has 2 aromatic carbocycles. The van der Waals surface area contributed by atoms with Crippen LogP contribution in [0, 0.1) is 29.1 Å². The van der Waals surface area contributed by atoms with Gasteiger partial charge in [-0.25, -0.2) is 22.0 Å². The summed E-state index contributed by atoms with van der Waals surface area (Å²) in [5.41, 5.74) is 5.02. The summed E-state index contributed by atoms with van der Waals surface area (Å²) in [5, 5.41) is 0.337. The lowest BCUT2D eigenvalue weighted by Crippen LogP contribution is -2.06. The lowest BCUT2D eigenvalue weighted by atomic mass is 10.2. The number of nitrogens with two attached hydrogens (primary N) is 1. The summed E-state index contributed by atoms with van der Waals surface area (Å²) < 4.78 is 66.0. The van der Waals surface area contributed by atoms with Gasteiger partial charge in [0.2, 0.25) is 5.82 Å². The molecule has 0 radical (unpaired) electrons. The molecule has 0 aliphatic rings. The van der Waals surface area contributed by atoms with Crippen molar-refractivity contribution in [2.24, 2.45) is 0 Å². The second kappa shape index (κ2) is 6.11. The van der Waals surface area contributed by atoms with Gasteiger partial charge in [-0.1, -0.05) is 11.6 Å². The van der Waals surface area contributed by atoms with Crippen molar-refractivity contribution < 1.29 is 22.0 Å². The van der Waals surface area contributed by atoms with E-state index in [1.165, 1.54) is 18.2 Å². The molecule has 0 spiro atoms. The summed E-state index contributed by atoms with van der Waals surface area (Å²) in [4.78, 5) is 0.381. The Hall–Kier alpha value is -1.47. The van der Waals surface area contributed by atoms with Crippen LogP contribution in [-0.2, 0) is 5.75 Å². The van der Waals surface area contributed by atoms with Crippen molar-refractivity contribution in [1.29, 1.82) is 0 Å². The van der Waals surface area contributed by atoms with Crippen LogP contribution in [0.3, 0.4) is 0 Å². The van der Waals surface area contributed by atoms with Crippen LogP contribution in [0.25, 0.3) is 0 Å². The Morgan fingerprint density at radius 1 is 0.905 bits per heavy atom. The fraction of sp³-hybridized carbons (Fsp3) is 0.0769. The molecule has 0 bridgehead atoms. The van der Waals surface area contributed by atoms with Gasteiger partial charge in [-0.3, -0.25) is 0 Å². The minimum absolute atomic E-state index is 0.285. The smallest absolute Gasteiger partial charge is 0.200 e. The topological polar surface area (TPSA) is 26.0 Å². The van der Waals surface area contributed by atoms with Gasteiger partial charge < -0.3 is 5.73 Å². The van der Waals surface area contributed by atoms with Crippen LogP contribution in [-0.4, -0.2) is 0 Å². The highest BCUT2D eigenvalue weighted by atomic mass is 35.5. The maximum atomic E-state index is 13.5. The van der Waals surface area contributed by atoms with E-state index in [4.69, 9.17) is 17.3 Å². The number of benzene rings is 2. The summed E-state index contributed by atoms with van der Waals surface area (Å²) in [6, 6.07) is 4.43. The van der Waals surface area contributed by atoms with Crippen LogP contribution in [0.5, 0.6) is 0 Å². The van der Waals surface area contributed by atoms with Gasteiger partial charge in [-0.2, -0.15) is 0 Å². The van der Waals surface area contributed by atoms with E-state index >= 15 is 0 Å².